The fourth-order valence-corrected chi connectivity index (χ4v) is 3.74. The van der Waals surface area contributed by atoms with E-state index in [0.29, 0.717) is 5.69 Å². The topological polar surface area (TPSA) is 67.3 Å². The predicted octanol–water partition coefficient (Wildman–Crippen LogP) is 5.56. The van der Waals surface area contributed by atoms with Crippen LogP contribution in [0.25, 0.3) is 11.3 Å². The largest absolute Gasteiger partial charge is 0.481 e. The van der Waals surface area contributed by atoms with Gasteiger partial charge in [0.1, 0.15) is 5.75 Å². The lowest BCUT2D eigenvalue weighted by Gasteiger charge is -2.27. The maximum Gasteiger partial charge on any atom is 0.416 e. The Kier molecular flexibility index (Phi) is 7.00. The van der Waals surface area contributed by atoms with Gasteiger partial charge < -0.3 is 15.0 Å². The number of amides is 1. The number of halogens is 3. The maximum atomic E-state index is 12.9. The summed E-state index contributed by atoms with van der Waals surface area (Å²) >= 11 is 0. The first-order valence-electron chi connectivity index (χ1n) is 11.1. The highest BCUT2D eigenvalue weighted by atomic mass is 19.4. The van der Waals surface area contributed by atoms with E-state index in [4.69, 9.17) is 4.74 Å². The Morgan fingerprint density at radius 3 is 2.38 bits per heavy atom. The molecule has 1 atom stereocenters. The zero-order valence-corrected chi connectivity index (χ0v) is 18.7. The molecule has 1 amide bonds. The van der Waals surface area contributed by atoms with E-state index in [1.165, 1.54) is 38.3 Å². The first kappa shape index (κ1) is 23.5. The third kappa shape index (κ3) is 5.84. The summed E-state index contributed by atoms with van der Waals surface area (Å²) in [7, 11) is 0. The number of hydrogen-bond donors (Lipinski definition) is 1. The highest BCUT2D eigenvalue weighted by Crippen LogP contribution is 2.31. The first-order chi connectivity index (χ1) is 16.3. The highest BCUT2D eigenvalue weighted by Gasteiger charge is 2.31. The molecule has 1 saturated heterocycles. The van der Waals surface area contributed by atoms with E-state index >= 15 is 0 Å². The van der Waals surface area contributed by atoms with E-state index in [-0.39, 0.29) is 5.75 Å². The van der Waals surface area contributed by atoms with Crippen LogP contribution >= 0.6 is 0 Å². The zero-order valence-electron chi connectivity index (χ0n) is 18.7. The molecule has 1 aliphatic rings. The fourth-order valence-electron chi connectivity index (χ4n) is 3.74. The molecule has 1 fully saturated rings. The number of ether oxygens (including phenoxy) is 1. The lowest BCUT2D eigenvalue weighted by molar-refractivity contribution is -0.137. The van der Waals surface area contributed by atoms with Crippen LogP contribution in [0, 0.1) is 0 Å². The normalized spacial score (nSPS) is 15.0. The van der Waals surface area contributed by atoms with E-state index in [9.17, 15) is 18.0 Å². The van der Waals surface area contributed by atoms with Crippen molar-refractivity contribution >= 4 is 17.4 Å². The summed E-state index contributed by atoms with van der Waals surface area (Å²) < 4.78 is 44.0. The van der Waals surface area contributed by atoms with E-state index in [1.807, 2.05) is 24.3 Å². The monoisotopic (exact) mass is 470 g/mol. The van der Waals surface area contributed by atoms with Crippen LogP contribution in [0.4, 0.5) is 24.7 Å². The summed E-state index contributed by atoms with van der Waals surface area (Å²) in [6.07, 6.45) is -1.89. The summed E-state index contributed by atoms with van der Waals surface area (Å²) in [6, 6.07) is 15.4. The number of nitrogens with zero attached hydrogens (tertiary/aromatic N) is 3. The van der Waals surface area contributed by atoms with Gasteiger partial charge in [-0.1, -0.05) is 18.2 Å². The van der Waals surface area contributed by atoms with Crippen LogP contribution < -0.4 is 15.0 Å². The second-order valence-corrected chi connectivity index (χ2v) is 8.18. The van der Waals surface area contributed by atoms with Crippen molar-refractivity contribution in [2.24, 2.45) is 0 Å². The van der Waals surface area contributed by atoms with Crippen LogP contribution in [-0.4, -0.2) is 35.3 Å². The predicted molar refractivity (Wildman–Crippen MR) is 124 cm³/mol. The molecule has 178 valence electrons. The summed E-state index contributed by atoms with van der Waals surface area (Å²) in [5, 5.41) is 11.4. The number of aromatic nitrogens is 2. The van der Waals surface area contributed by atoms with E-state index in [0.717, 1.165) is 42.3 Å². The second kappa shape index (κ2) is 10.1. The van der Waals surface area contributed by atoms with Gasteiger partial charge in [0, 0.05) is 24.3 Å². The van der Waals surface area contributed by atoms with Crippen LogP contribution in [0.1, 0.15) is 31.7 Å². The molecule has 0 saturated carbocycles. The molecular formula is C25H25F3N4O2. The lowest BCUT2D eigenvalue weighted by Crippen LogP contribution is -2.30. The standard InChI is InChI=1S/C25H25F3N4O2/c1-17(34-21-7-5-6-19(16-21)25(26,27)28)24(33)29-20-10-8-18(9-11-20)22-12-13-23(31-30-22)32-14-3-2-4-15-32/h5-13,16-17H,2-4,14-15H2,1H3,(H,29,33). The van der Waals surface area contributed by atoms with Gasteiger partial charge >= 0.3 is 6.18 Å². The van der Waals surface area contributed by atoms with E-state index in [1.54, 1.807) is 12.1 Å². The van der Waals surface area contributed by atoms with Crippen LogP contribution in [0.5, 0.6) is 5.75 Å². The van der Waals surface area contributed by atoms with Crippen LogP contribution in [0.15, 0.2) is 60.7 Å². The number of alkyl halides is 3. The summed E-state index contributed by atoms with van der Waals surface area (Å²) in [5.74, 6) is 0.373. The Labute approximate surface area is 195 Å². The van der Waals surface area contributed by atoms with Crippen LogP contribution in [-0.2, 0) is 11.0 Å². The van der Waals surface area contributed by atoms with Gasteiger partial charge in [-0.2, -0.15) is 13.2 Å². The number of carbonyl (C=O) groups is 1. The Bertz CT molecular complexity index is 1110. The summed E-state index contributed by atoms with van der Waals surface area (Å²) in [5.41, 5.74) is 1.27. The quantitative estimate of drug-likeness (QED) is 0.511. The molecule has 1 unspecified atom stereocenters. The molecule has 2 aromatic carbocycles. The van der Waals surface area contributed by atoms with Gasteiger partial charge in [-0.15, -0.1) is 10.2 Å². The molecule has 0 radical (unpaired) electrons. The minimum atomic E-state index is -4.48. The van der Waals surface area contributed by atoms with Gasteiger partial charge in [0.15, 0.2) is 11.9 Å². The number of benzene rings is 2. The minimum Gasteiger partial charge on any atom is -0.481 e. The number of hydrogen-bond acceptors (Lipinski definition) is 5. The summed E-state index contributed by atoms with van der Waals surface area (Å²) in [6.45, 7) is 3.47. The van der Waals surface area contributed by atoms with Crippen molar-refractivity contribution in [2.45, 2.75) is 38.5 Å². The number of nitrogens with one attached hydrogen (secondary N) is 1. The molecular weight excluding hydrogens is 445 g/mol. The summed E-state index contributed by atoms with van der Waals surface area (Å²) in [4.78, 5) is 14.7. The number of anilines is 2. The van der Waals surface area contributed by atoms with Crippen molar-refractivity contribution in [2.75, 3.05) is 23.3 Å². The van der Waals surface area contributed by atoms with Crippen LogP contribution in [0.3, 0.4) is 0 Å². The second-order valence-electron chi connectivity index (χ2n) is 8.18. The minimum absolute atomic E-state index is 0.0283. The van der Waals surface area contributed by atoms with Crippen molar-refractivity contribution in [1.82, 2.24) is 10.2 Å². The van der Waals surface area contributed by atoms with Gasteiger partial charge in [0.05, 0.1) is 11.3 Å². The molecule has 1 aliphatic heterocycles. The molecule has 34 heavy (non-hydrogen) atoms. The molecule has 9 heteroatoms. The smallest absolute Gasteiger partial charge is 0.416 e. The van der Waals surface area contributed by atoms with Gasteiger partial charge in [-0.3, -0.25) is 4.79 Å². The third-order valence-electron chi connectivity index (χ3n) is 5.62. The number of piperidine rings is 1. The molecule has 1 aromatic heterocycles. The van der Waals surface area contributed by atoms with Crippen LogP contribution in [0.2, 0.25) is 0 Å². The lowest BCUT2D eigenvalue weighted by atomic mass is 10.1. The van der Waals surface area contributed by atoms with E-state index < -0.39 is 23.8 Å². The van der Waals surface area contributed by atoms with E-state index in [2.05, 4.69) is 20.4 Å². The Morgan fingerprint density at radius 1 is 1.00 bits per heavy atom. The molecule has 4 rings (SSSR count). The van der Waals surface area contributed by atoms with Crippen molar-refractivity contribution in [3.8, 4) is 17.0 Å². The molecule has 6 nitrogen and oxygen atoms in total. The Balaban J connectivity index is 1.35. The molecule has 2 heterocycles. The zero-order chi connectivity index (χ0) is 24.1. The fraction of sp³-hybridized carbons (Fsp3) is 0.320. The molecule has 1 N–H and O–H groups in total. The van der Waals surface area contributed by atoms with Gasteiger partial charge in [-0.25, -0.2) is 0 Å². The van der Waals surface area contributed by atoms with Gasteiger partial charge in [-0.05, 0) is 68.7 Å². The molecule has 0 spiro atoms. The molecule has 3 aromatic rings. The first-order valence-corrected chi connectivity index (χ1v) is 11.1. The molecule has 0 aliphatic carbocycles. The van der Waals surface area contributed by atoms with Crippen molar-refractivity contribution in [1.29, 1.82) is 0 Å². The average molecular weight is 470 g/mol. The Hall–Kier alpha value is -3.62. The Morgan fingerprint density at radius 2 is 1.74 bits per heavy atom. The number of carbonyl (C=O) groups excluding carboxylic acids is 1. The van der Waals surface area contributed by atoms with Crippen molar-refractivity contribution in [3.05, 3.63) is 66.2 Å². The molecule has 0 bridgehead atoms. The average Bonchev–Trinajstić information content (AvgIpc) is 2.85. The van der Waals surface area contributed by atoms with Gasteiger partial charge in [0.2, 0.25) is 0 Å². The van der Waals surface area contributed by atoms with Crippen molar-refractivity contribution < 1.29 is 22.7 Å². The highest BCUT2D eigenvalue weighted by molar-refractivity contribution is 5.94. The SMILES string of the molecule is CC(Oc1cccc(C(F)(F)F)c1)C(=O)Nc1ccc(-c2ccc(N3CCCCC3)nn2)cc1. The van der Waals surface area contributed by atoms with Crippen molar-refractivity contribution in [3.63, 3.8) is 0 Å². The maximum absolute atomic E-state index is 12.9. The van der Waals surface area contributed by atoms with Gasteiger partial charge in [0.25, 0.3) is 5.91 Å². The number of rotatable bonds is 6. The third-order valence-corrected chi connectivity index (χ3v) is 5.62.